The molecule has 3 rings (SSSR count). The number of para-hydroxylation sites is 1. The summed E-state index contributed by atoms with van der Waals surface area (Å²) >= 11 is 0. The van der Waals surface area contributed by atoms with Gasteiger partial charge in [0.1, 0.15) is 0 Å². The molecular weight excluding hydrogens is 376 g/mol. The summed E-state index contributed by atoms with van der Waals surface area (Å²) in [5, 5.41) is 0.781. The average Bonchev–Trinajstić information content (AvgIpc) is 3.05. The molecule has 0 saturated heterocycles. The summed E-state index contributed by atoms with van der Waals surface area (Å²) in [7, 11) is 1.39. The molecule has 2 aromatic carbocycles. The van der Waals surface area contributed by atoms with Crippen molar-refractivity contribution in [2.45, 2.75) is 6.92 Å². The maximum Gasteiger partial charge on any atom is 0.338 e. The van der Waals surface area contributed by atoms with Gasteiger partial charge in [0.15, 0.2) is 24.7 Å². The lowest BCUT2D eigenvalue weighted by molar-refractivity contribution is -0.119. The highest BCUT2D eigenvalue weighted by Crippen LogP contribution is 2.28. The SMILES string of the molecule is COc1cc(C(=O)OCC(=O)c2c(C)[nH]c3ccccc23)ccc1OCC(N)=O. The number of rotatable bonds is 8. The third-order valence-electron chi connectivity index (χ3n) is 4.28. The quantitative estimate of drug-likeness (QED) is 0.445. The summed E-state index contributed by atoms with van der Waals surface area (Å²) in [4.78, 5) is 39.0. The number of carbonyl (C=O) groups is 3. The molecule has 0 saturated carbocycles. The first-order chi connectivity index (χ1) is 13.9. The first-order valence-corrected chi connectivity index (χ1v) is 8.77. The lowest BCUT2D eigenvalue weighted by atomic mass is 10.1. The van der Waals surface area contributed by atoms with Crippen molar-refractivity contribution >= 4 is 28.6 Å². The Hall–Kier alpha value is -3.81. The van der Waals surface area contributed by atoms with E-state index in [1.807, 2.05) is 24.3 Å². The predicted molar refractivity (Wildman–Crippen MR) is 105 cm³/mol. The number of esters is 1. The number of aryl methyl sites for hydroxylation is 1. The summed E-state index contributed by atoms with van der Waals surface area (Å²) in [6.45, 7) is 1.08. The molecule has 1 amide bonds. The van der Waals surface area contributed by atoms with E-state index in [9.17, 15) is 14.4 Å². The second-order valence-corrected chi connectivity index (χ2v) is 6.29. The lowest BCUT2D eigenvalue weighted by Gasteiger charge is -2.11. The fraction of sp³-hybridized carbons (Fsp3) is 0.190. The molecular formula is C21H20N2O6. The predicted octanol–water partition coefficient (Wildman–Crippen LogP) is 2.39. The van der Waals surface area contributed by atoms with Gasteiger partial charge in [-0.2, -0.15) is 0 Å². The Kier molecular flexibility index (Phi) is 5.82. The zero-order valence-electron chi connectivity index (χ0n) is 16.0. The third-order valence-corrected chi connectivity index (χ3v) is 4.28. The zero-order chi connectivity index (χ0) is 21.0. The Morgan fingerprint density at radius 3 is 2.52 bits per heavy atom. The molecule has 3 N–H and O–H groups in total. The average molecular weight is 396 g/mol. The number of ether oxygens (including phenoxy) is 3. The molecule has 0 bridgehead atoms. The number of amides is 1. The highest BCUT2D eigenvalue weighted by atomic mass is 16.5. The molecule has 29 heavy (non-hydrogen) atoms. The second kappa shape index (κ2) is 8.47. The number of primary amides is 1. The van der Waals surface area contributed by atoms with Crippen molar-refractivity contribution in [3.63, 3.8) is 0 Å². The van der Waals surface area contributed by atoms with E-state index in [2.05, 4.69) is 4.98 Å². The topological polar surface area (TPSA) is 121 Å². The number of carbonyl (C=O) groups excluding carboxylic acids is 3. The monoisotopic (exact) mass is 396 g/mol. The number of ketones is 1. The first-order valence-electron chi connectivity index (χ1n) is 8.77. The maximum absolute atomic E-state index is 12.6. The van der Waals surface area contributed by atoms with Crippen molar-refractivity contribution in [3.8, 4) is 11.5 Å². The number of hydrogen-bond donors (Lipinski definition) is 2. The van der Waals surface area contributed by atoms with Crippen LogP contribution in [0.3, 0.4) is 0 Å². The van der Waals surface area contributed by atoms with Gasteiger partial charge in [-0.1, -0.05) is 18.2 Å². The standard InChI is InChI=1S/C21H20N2O6/c1-12-20(14-5-3-4-6-15(14)23-12)16(24)10-29-21(26)13-7-8-17(18(9-13)27-2)28-11-19(22)25/h3-9,23H,10-11H2,1-2H3,(H2,22,25). The van der Waals surface area contributed by atoms with Gasteiger partial charge in [0.25, 0.3) is 5.91 Å². The van der Waals surface area contributed by atoms with Crippen molar-refractivity contribution in [2.75, 3.05) is 20.3 Å². The van der Waals surface area contributed by atoms with Crippen molar-refractivity contribution in [3.05, 3.63) is 59.3 Å². The molecule has 0 fully saturated rings. The molecule has 0 radical (unpaired) electrons. The van der Waals surface area contributed by atoms with E-state index in [0.29, 0.717) is 11.3 Å². The number of Topliss-reactive ketones (excluding diaryl/α,β-unsaturated/α-hetero) is 1. The van der Waals surface area contributed by atoms with Crippen LogP contribution >= 0.6 is 0 Å². The fourth-order valence-corrected chi connectivity index (χ4v) is 2.99. The Morgan fingerprint density at radius 1 is 1.03 bits per heavy atom. The van der Waals surface area contributed by atoms with Crippen LogP contribution in [0, 0.1) is 6.92 Å². The molecule has 0 aliphatic rings. The van der Waals surface area contributed by atoms with E-state index in [-0.39, 0.29) is 29.5 Å². The largest absolute Gasteiger partial charge is 0.493 e. The molecule has 8 nitrogen and oxygen atoms in total. The van der Waals surface area contributed by atoms with Crippen LogP contribution in [0.5, 0.6) is 11.5 Å². The summed E-state index contributed by atoms with van der Waals surface area (Å²) in [6, 6.07) is 11.7. The molecule has 0 unspecified atom stereocenters. The van der Waals surface area contributed by atoms with Gasteiger partial charge in [0.2, 0.25) is 5.78 Å². The summed E-state index contributed by atoms with van der Waals surface area (Å²) in [5.74, 6) is -1.13. The van der Waals surface area contributed by atoms with Crippen molar-refractivity contribution in [2.24, 2.45) is 5.73 Å². The van der Waals surface area contributed by atoms with Gasteiger partial charge in [-0.3, -0.25) is 9.59 Å². The van der Waals surface area contributed by atoms with E-state index >= 15 is 0 Å². The number of hydrogen-bond acceptors (Lipinski definition) is 6. The molecule has 0 atom stereocenters. The number of aromatic amines is 1. The number of H-pyrrole nitrogens is 1. The number of nitrogens with two attached hydrogens (primary N) is 1. The number of nitrogens with one attached hydrogen (secondary N) is 1. The smallest absolute Gasteiger partial charge is 0.338 e. The number of aromatic nitrogens is 1. The van der Waals surface area contributed by atoms with E-state index in [4.69, 9.17) is 19.9 Å². The van der Waals surface area contributed by atoms with Gasteiger partial charge < -0.3 is 24.9 Å². The van der Waals surface area contributed by atoms with Crippen LogP contribution in [0.25, 0.3) is 10.9 Å². The third kappa shape index (κ3) is 4.37. The zero-order valence-corrected chi connectivity index (χ0v) is 16.0. The molecule has 0 aliphatic carbocycles. The van der Waals surface area contributed by atoms with Crippen LogP contribution in [-0.4, -0.2) is 43.0 Å². The Balaban J connectivity index is 1.71. The van der Waals surface area contributed by atoms with Gasteiger partial charge >= 0.3 is 5.97 Å². The number of methoxy groups -OCH3 is 1. The summed E-state index contributed by atoms with van der Waals surface area (Å²) < 4.78 is 15.6. The highest BCUT2D eigenvalue weighted by Gasteiger charge is 2.19. The minimum absolute atomic E-state index is 0.178. The molecule has 0 aliphatic heterocycles. The van der Waals surface area contributed by atoms with Crippen LogP contribution in [0.15, 0.2) is 42.5 Å². The highest BCUT2D eigenvalue weighted by molar-refractivity contribution is 6.10. The molecule has 1 heterocycles. The Morgan fingerprint density at radius 2 is 1.79 bits per heavy atom. The normalized spacial score (nSPS) is 10.6. The fourth-order valence-electron chi connectivity index (χ4n) is 2.99. The Labute approximate surface area is 166 Å². The van der Waals surface area contributed by atoms with Crippen LogP contribution in [0.2, 0.25) is 0 Å². The minimum atomic E-state index is -0.685. The van der Waals surface area contributed by atoms with Gasteiger partial charge in [-0.25, -0.2) is 4.79 Å². The van der Waals surface area contributed by atoms with Crippen molar-refractivity contribution in [1.29, 1.82) is 0 Å². The van der Waals surface area contributed by atoms with Crippen LogP contribution in [0.4, 0.5) is 0 Å². The van der Waals surface area contributed by atoms with Crippen molar-refractivity contribution < 1.29 is 28.6 Å². The maximum atomic E-state index is 12.6. The van der Waals surface area contributed by atoms with Crippen molar-refractivity contribution in [1.82, 2.24) is 4.98 Å². The lowest BCUT2D eigenvalue weighted by Crippen LogP contribution is -2.20. The number of fused-ring (bicyclic) bond motifs is 1. The molecule has 0 spiro atoms. The first kappa shape index (κ1) is 19.9. The van der Waals surface area contributed by atoms with Crippen LogP contribution < -0.4 is 15.2 Å². The van der Waals surface area contributed by atoms with E-state index in [0.717, 1.165) is 10.9 Å². The van der Waals surface area contributed by atoms with Gasteiger partial charge in [-0.15, -0.1) is 0 Å². The molecule has 150 valence electrons. The minimum Gasteiger partial charge on any atom is -0.493 e. The van der Waals surface area contributed by atoms with E-state index < -0.39 is 18.5 Å². The van der Waals surface area contributed by atoms with Gasteiger partial charge in [0.05, 0.1) is 12.7 Å². The Bertz CT molecular complexity index is 1090. The summed E-state index contributed by atoms with van der Waals surface area (Å²) in [5.41, 5.74) is 7.29. The van der Waals surface area contributed by atoms with Crippen LogP contribution in [0.1, 0.15) is 26.4 Å². The van der Waals surface area contributed by atoms with Gasteiger partial charge in [0, 0.05) is 22.2 Å². The second-order valence-electron chi connectivity index (χ2n) is 6.29. The molecule has 8 heteroatoms. The van der Waals surface area contributed by atoms with E-state index in [1.54, 1.807) is 6.92 Å². The molecule has 3 aromatic rings. The van der Waals surface area contributed by atoms with Crippen LogP contribution in [-0.2, 0) is 9.53 Å². The molecule has 1 aromatic heterocycles. The van der Waals surface area contributed by atoms with Gasteiger partial charge in [-0.05, 0) is 31.2 Å². The number of benzene rings is 2. The van der Waals surface area contributed by atoms with E-state index in [1.165, 1.54) is 25.3 Å². The summed E-state index contributed by atoms with van der Waals surface area (Å²) in [6.07, 6.45) is 0.